The summed E-state index contributed by atoms with van der Waals surface area (Å²) in [7, 11) is 3.84. The van der Waals surface area contributed by atoms with Gasteiger partial charge in [0.15, 0.2) is 0 Å². The van der Waals surface area contributed by atoms with E-state index in [1.807, 2.05) is 37.2 Å². The van der Waals surface area contributed by atoms with Gasteiger partial charge in [-0.15, -0.1) is 0 Å². The standard InChI is InChI=1S/C17H22N2O/c1-17(20-14-13-19(2)3,15-9-5-4-6-10-15)16-11-7-8-12-18-16/h4-12H,13-14H2,1-3H3/i1+1D3. The summed E-state index contributed by atoms with van der Waals surface area (Å²) in [6.45, 7) is -1.48. The molecular formula is C17H22N2O. The third kappa shape index (κ3) is 3.44. The Balaban J connectivity index is 2.55. The van der Waals surface area contributed by atoms with E-state index in [9.17, 15) is 0 Å². The Morgan fingerprint density at radius 1 is 1.15 bits per heavy atom. The number of aromatic nitrogens is 1. The van der Waals surface area contributed by atoms with Crippen LogP contribution in [-0.2, 0) is 10.3 Å². The predicted molar refractivity (Wildman–Crippen MR) is 81.6 cm³/mol. The summed E-state index contributed by atoms with van der Waals surface area (Å²) >= 11 is 0. The van der Waals surface area contributed by atoms with Gasteiger partial charge in [-0.25, -0.2) is 0 Å². The zero-order valence-electron chi connectivity index (χ0n) is 14.9. The van der Waals surface area contributed by atoms with Crippen LogP contribution < -0.4 is 0 Å². The molecule has 0 saturated carbocycles. The van der Waals surface area contributed by atoms with Crippen molar-refractivity contribution in [2.24, 2.45) is 0 Å². The first-order valence-electron chi connectivity index (χ1n) is 8.13. The summed E-state index contributed by atoms with van der Waals surface area (Å²) in [5.74, 6) is 0. The third-order valence-electron chi connectivity index (χ3n) is 3.06. The van der Waals surface area contributed by atoms with Gasteiger partial charge in [0.05, 0.1) is 12.3 Å². The monoisotopic (exact) mass is 274 g/mol. The number of rotatable bonds is 6. The fourth-order valence-corrected chi connectivity index (χ4v) is 1.93. The van der Waals surface area contributed by atoms with Crippen LogP contribution in [0.4, 0.5) is 0 Å². The molecule has 1 atom stereocenters. The molecule has 0 aliphatic carbocycles. The Kier molecular flexibility index (Phi) is 3.65. The second-order valence-electron chi connectivity index (χ2n) is 4.91. The van der Waals surface area contributed by atoms with E-state index in [4.69, 9.17) is 8.85 Å². The van der Waals surface area contributed by atoms with Crippen LogP contribution in [0.5, 0.6) is 0 Å². The number of nitrogens with zero attached hydrogens (tertiary/aromatic N) is 2. The number of hydrogen-bond donors (Lipinski definition) is 0. The van der Waals surface area contributed by atoms with Gasteiger partial charge in [-0.3, -0.25) is 4.98 Å². The molecule has 3 nitrogen and oxygen atoms in total. The van der Waals surface area contributed by atoms with E-state index >= 15 is 0 Å². The first-order valence-corrected chi connectivity index (χ1v) is 6.63. The van der Waals surface area contributed by atoms with Crippen LogP contribution >= 0.6 is 0 Å². The minimum absolute atomic E-state index is 0.289. The maximum Gasteiger partial charge on any atom is 0.132 e. The topological polar surface area (TPSA) is 25.4 Å². The fourth-order valence-electron chi connectivity index (χ4n) is 1.93. The smallest absolute Gasteiger partial charge is 0.132 e. The third-order valence-corrected chi connectivity index (χ3v) is 3.06. The Bertz CT molecular complexity index is 561. The lowest BCUT2D eigenvalue weighted by atomic mass is 9.97. The van der Waals surface area contributed by atoms with Crippen molar-refractivity contribution in [1.29, 1.82) is 0 Å². The summed E-state index contributed by atoms with van der Waals surface area (Å²) in [6.07, 6.45) is 1.59. The minimum atomic E-state index is -2.39. The molecule has 0 bridgehead atoms. The van der Waals surface area contributed by atoms with Crippen molar-refractivity contribution in [2.45, 2.75) is 12.5 Å². The van der Waals surface area contributed by atoms with Crippen LogP contribution in [0.15, 0.2) is 54.7 Å². The van der Waals surface area contributed by atoms with Crippen molar-refractivity contribution in [1.82, 2.24) is 9.88 Å². The highest BCUT2D eigenvalue weighted by atomic mass is 16.5. The molecule has 1 heterocycles. The molecule has 20 heavy (non-hydrogen) atoms. The van der Waals surface area contributed by atoms with E-state index in [1.165, 1.54) is 0 Å². The molecule has 1 aromatic carbocycles. The molecular weight excluding hydrogens is 249 g/mol. The Morgan fingerprint density at radius 3 is 2.50 bits per heavy atom. The van der Waals surface area contributed by atoms with Crippen molar-refractivity contribution in [2.75, 3.05) is 27.2 Å². The van der Waals surface area contributed by atoms with Crippen LogP contribution in [0.25, 0.3) is 0 Å². The van der Waals surface area contributed by atoms with Crippen molar-refractivity contribution in [3.63, 3.8) is 0 Å². The first-order chi connectivity index (χ1) is 10.9. The Hall–Kier alpha value is -1.71. The van der Waals surface area contributed by atoms with E-state index in [0.717, 1.165) is 0 Å². The van der Waals surface area contributed by atoms with E-state index in [-0.39, 0.29) is 6.61 Å². The van der Waals surface area contributed by atoms with Crippen LogP contribution in [0.3, 0.4) is 0 Å². The quantitative estimate of drug-likeness (QED) is 0.757. The molecule has 0 saturated heterocycles. The molecule has 1 unspecified atom stereocenters. The van der Waals surface area contributed by atoms with Gasteiger partial charge in [-0.1, -0.05) is 36.4 Å². The zero-order valence-corrected chi connectivity index (χ0v) is 11.9. The average molecular weight is 274 g/mol. The molecule has 106 valence electrons. The van der Waals surface area contributed by atoms with Crippen molar-refractivity contribution in [3.8, 4) is 0 Å². The van der Waals surface area contributed by atoms with Crippen molar-refractivity contribution < 1.29 is 8.85 Å². The number of pyridine rings is 1. The second kappa shape index (κ2) is 6.64. The van der Waals surface area contributed by atoms with E-state index in [1.54, 1.807) is 36.5 Å². The molecule has 0 fully saturated rings. The lowest BCUT2D eigenvalue weighted by Crippen LogP contribution is -2.32. The van der Waals surface area contributed by atoms with E-state index < -0.39 is 12.5 Å². The molecule has 0 aliphatic rings. The number of likely N-dealkylation sites (N-methyl/N-ethyl adjacent to an activating group) is 1. The lowest BCUT2D eigenvalue weighted by molar-refractivity contribution is -0.0131. The van der Waals surface area contributed by atoms with Crippen LogP contribution in [-0.4, -0.2) is 37.1 Å². The molecule has 0 amide bonds. The summed E-state index contributed by atoms with van der Waals surface area (Å²) < 4.78 is 30.5. The molecule has 1 aromatic heterocycles. The summed E-state index contributed by atoms with van der Waals surface area (Å²) in [5.41, 5.74) is -0.603. The zero-order chi connectivity index (χ0) is 16.9. The molecule has 0 N–H and O–H groups in total. The van der Waals surface area contributed by atoms with E-state index in [0.29, 0.717) is 17.8 Å². The molecule has 2 aromatic rings. The minimum Gasteiger partial charge on any atom is -0.363 e. The van der Waals surface area contributed by atoms with Crippen molar-refractivity contribution >= 4 is 0 Å². The second-order valence-corrected chi connectivity index (χ2v) is 4.91. The summed E-state index contributed by atoms with van der Waals surface area (Å²) in [4.78, 5) is 6.25. The normalized spacial score (nSPS) is 17.1. The molecule has 2 rings (SSSR count). The number of benzene rings is 1. The van der Waals surface area contributed by atoms with E-state index in [2.05, 4.69) is 4.98 Å². The predicted octanol–water partition coefficient (Wildman–Crippen LogP) is 2.92. The van der Waals surface area contributed by atoms with Gasteiger partial charge in [0, 0.05) is 16.9 Å². The molecule has 3 heteroatoms. The molecule has 0 spiro atoms. The molecule has 0 radical (unpaired) electrons. The maximum atomic E-state index is 8.15. The highest BCUT2D eigenvalue weighted by Gasteiger charge is 2.31. The number of hydrogen-bond acceptors (Lipinski definition) is 3. The van der Waals surface area contributed by atoms with Gasteiger partial charge < -0.3 is 9.64 Å². The summed E-state index contributed by atoms with van der Waals surface area (Å²) in [6, 6.07) is 14.3. The van der Waals surface area contributed by atoms with Crippen LogP contribution in [0.2, 0.25) is 0 Å². The van der Waals surface area contributed by atoms with Gasteiger partial charge >= 0.3 is 0 Å². The maximum absolute atomic E-state index is 8.15. The Morgan fingerprint density at radius 2 is 1.90 bits per heavy atom. The van der Waals surface area contributed by atoms with Gasteiger partial charge in [0.2, 0.25) is 0 Å². The fraction of sp³-hybridized carbons (Fsp3) is 0.353. The summed E-state index contributed by atoms with van der Waals surface area (Å²) in [5, 5.41) is 0. The average Bonchev–Trinajstić information content (AvgIpc) is 2.52. The van der Waals surface area contributed by atoms with Gasteiger partial charge in [-0.05, 0) is 38.6 Å². The highest BCUT2D eigenvalue weighted by Crippen LogP contribution is 2.31. The number of ether oxygens (including phenoxy) is 1. The SMILES string of the molecule is [2H][13C]([2H])([2H])C(OCCN(C)C)(c1ccccc1)c1ccccn1. The first kappa shape index (κ1) is 11.0. The van der Waals surface area contributed by atoms with Crippen molar-refractivity contribution in [3.05, 3.63) is 66.0 Å². The van der Waals surface area contributed by atoms with Crippen LogP contribution in [0.1, 0.15) is 22.2 Å². The van der Waals surface area contributed by atoms with Gasteiger partial charge in [0.25, 0.3) is 0 Å². The van der Waals surface area contributed by atoms with Crippen LogP contribution in [0, 0.1) is 0 Å². The largest absolute Gasteiger partial charge is 0.363 e. The highest BCUT2D eigenvalue weighted by molar-refractivity contribution is 5.31. The lowest BCUT2D eigenvalue weighted by Gasteiger charge is -2.30. The molecule has 0 aliphatic heterocycles. The van der Waals surface area contributed by atoms with Gasteiger partial charge in [0.1, 0.15) is 5.60 Å². The Labute approximate surface area is 125 Å². The van der Waals surface area contributed by atoms with Gasteiger partial charge in [-0.2, -0.15) is 0 Å².